The average molecular weight is 352 g/mol. The predicted molar refractivity (Wildman–Crippen MR) is 99.2 cm³/mol. The van der Waals surface area contributed by atoms with Crippen LogP contribution in [0.3, 0.4) is 0 Å². The van der Waals surface area contributed by atoms with Gasteiger partial charge >= 0.3 is 0 Å². The summed E-state index contributed by atoms with van der Waals surface area (Å²) in [7, 11) is 0. The summed E-state index contributed by atoms with van der Waals surface area (Å²) in [5, 5.41) is 12.9. The fourth-order valence-electron chi connectivity index (χ4n) is 2.87. The lowest BCUT2D eigenvalue weighted by Crippen LogP contribution is -2.28. The van der Waals surface area contributed by atoms with Crippen molar-refractivity contribution in [2.45, 2.75) is 50.7 Å². The smallest absolute Gasteiger partial charge is 0.229 e. The fraction of sp³-hybridized carbons (Fsp3) is 0.632. The van der Waals surface area contributed by atoms with Crippen LogP contribution in [0.25, 0.3) is 0 Å². The molecular weight excluding hydrogens is 322 g/mol. The highest BCUT2D eigenvalue weighted by Gasteiger charge is 2.13. The van der Waals surface area contributed by atoms with E-state index >= 15 is 0 Å². The number of aliphatic hydroxyl groups excluding tert-OH is 1. The lowest BCUT2D eigenvalue weighted by atomic mass is 9.98. The molecule has 1 aromatic carbocycles. The Morgan fingerprint density at radius 1 is 1.25 bits per heavy atom. The van der Waals surface area contributed by atoms with E-state index in [1.807, 2.05) is 30.3 Å². The third kappa shape index (κ3) is 7.69. The van der Waals surface area contributed by atoms with E-state index in [4.69, 9.17) is 4.74 Å². The molecular formula is C19H29NO3S. The number of aliphatic hydroxyl groups is 1. The number of ether oxygens (including phenoxy) is 1. The topological polar surface area (TPSA) is 58.6 Å². The lowest BCUT2D eigenvalue weighted by molar-refractivity contribution is -0.118. The molecule has 1 aliphatic rings. The molecule has 1 fully saturated rings. The van der Waals surface area contributed by atoms with Gasteiger partial charge in [-0.15, -0.1) is 11.8 Å². The minimum absolute atomic E-state index is 0.0259. The molecule has 5 heteroatoms. The van der Waals surface area contributed by atoms with Gasteiger partial charge in [-0.05, 0) is 24.8 Å². The molecule has 0 heterocycles. The number of nitrogens with one attached hydrogen (secondary N) is 1. The molecule has 0 saturated heterocycles. The van der Waals surface area contributed by atoms with Gasteiger partial charge in [-0.25, -0.2) is 0 Å². The third-order valence-electron chi connectivity index (χ3n) is 4.24. The zero-order chi connectivity index (χ0) is 17.0. The van der Waals surface area contributed by atoms with Gasteiger partial charge in [-0.1, -0.05) is 49.6 Å². The maximum absolute atomic E-state index is 11.8. The van der Waals surface area contributed by atoms with E-state index < -0.39 is 6.10 Å². The molecule has 0 spiro atoms. The van der Waals surface area contributed by atoms with E-state index in [1.54, 1.807) is 0 Å². The van der Waals surface area contributed by atoms with Gasteiger partial charge in [0.2, 0.25) is 5.91 Å². The second-order valence-corrected chi connectivity index (χ2v) is 7.31. The average Bonchev–Trinajstić information content (AvgIpc) is 2.63. The van der Waals surface area contributed by atoms with Gasteiger partial charge in [0, 0.05) is 18.9 Å². The van der Waals surface area contributed by atoms with Crippen LogP contribution in [-0.2, 0) is 9.53 Å². The van der Waals surface area contributed by atoms with Gasteiger partial charge in [-0.3, -0.25) is 4.79 Å². The van der Waals surface area contributed by atoms with Gasteiger partial charge in [0.15, 0.2) is 0 Å². The van der Waals surface area contributed by atoms with E-state index in [0.717, 1.165) is 18.6 Å². The molecule has 1 atom stereocenters. The standard InChI is InChI=1S/C19H29NO3S/c21-18(16-8-3-1-4-9-16)14-24-15-19(22)20-12-7-13-23-17-10-5-2-6-11-17/h1,3-4,8-9,17-18,21H,2,5-7,10-15H2,(H,20,22). The van der Waals surface area contributed by atoms with Crippen LogP contribution in [-0.4, -0.2) is 41.8 Å². The number of amides is 1. The van der Waals surface area contributed by atoms with Crippen LogP contribution in [0.4, 0.5) is 0 Å². The third-order valence-corrected chi connectivity index (χ3v) is 5.26. The summed E-state index contributed by atoms with van der Waals surface area (Å²) in [6, 6.07) is 9.54. The van der Waals surface area contributed by atoms with Crippen LogP contribution in [0, 0.1) is 0 Å². The van der Waals surface area contributed by atoms with Crippen molar-refractivity contribution in [1.29, 1.82) is 0 Å². The van der Waals surface area contributed by atoms with Crippen LogP contribution in [0.5, 0.6) is 0 Å². The van der Waals surface area contributed by atoms with E-state index in [0.29, 0.717) is 24.2 Å². The van der Waals surface area contributed by atoms with Crippen LogP contribution < -0.4 is 5.32 Å². The van der Waals surface area contributed by atoms with E-state index in [-0.39, 0.29) is 5.91 Å². The van der Waals surface area contributed by atoms with E-state index in [1.165, 1.54) is 43.9 Å². The van der Waals surface area contributed by atoms with Crippen molar-refractivity contribution in [3.63, 3.8) is 0 Å². The summed E-state index contributed by atoms with van der Waals surface area (Å²) in [6.07, 6.45) is 7.06. The molecule has 4 nitrogen and oxygen atoms in total. The van der Waals surface area contributed by atoms with Crippen LogP contribution in [0.1, 0.15) is 50.2 Å². The minimum Gasteiger partial charge on any atom is -0.388 e. The molecule has 1 aliphatic carbocycles. The summed E-state index contributed by atoms with van der Waals surface area (Å²) in [4.78, 5) is 11.8. The van der Waals surface area contributed by atoms with Crippen molar-refractivity contribution in [2.24, 2.45) is 0 Å². The van der Waals surface area contributed by atoms with Gasteiger partial charge in [0.05, 0.1) is 18.0 Å². The molecule has 0 aliphatic heterocycles. The molecule has 1 aromatic rings. The summed E-state index contributed by atoms with van der Waals surface area (Å²) < 4.78 is 5.84. The van der Waals surface area contributed by atoms with Gasteiger partial charge in [0.25, 0.3) is 0 Å². The zero-order valence-corrected chi connectivity index (χ0v) is 15.1. The van der Waals surface area contributed by atoms with Crippen molar-refractivity contribution in [1.82, 2.24) is 5.32 Å². The molecule has 1 saturated carbocycles. The van der Waals surface area contributed by atoms with E-state index in [2.05, 4.69) is 5.32 Å². The molecule has 0 bridgehead atoms. The first-order chi connectivity index (χ1) is 11.8. The monoisotopic (exact) mass is 351 g/mol. The molecule has 1 unspecified atom stereocenters. The Kier molecular flexibility index (Phi) is 9.24. The number of hydrogen-bond acceptors (Lipinski definition) is 4. The first kappa shape index (κ1) is 19.3. The number of thioether (sulfide) groups is 1. The second-order valence-electron chi connectivity index (χ2n) is 6.28. The quantitative estimate of drug-likeness (QED) is 0.635. The normalized spacial score (nSPS) is 16.7. The maximum Gasteiger partial charge on any atom is 0.229 e. The summed E-state index contributed by atoms with van der Waals surface area (Å²) in [5.41, 5.74) is 0.894. The Morgan fingerprint density at radius 2 is 2.00 bits per heavy atom. The molecule has 0 aromatic heterocycles. The largest absolute Gasteiger partial charge is 0.388 e. The number of rotatable bonds is 10. The van der Waals surface area contributed by atoms with E-state index in [9.17, 15) is 9.90 Å². The van der Waals surface area contributed by atoms with Crippen molar-refractivity contribution in [3.8, 4) is 0 Å². The number of hydrogen-bond donors (Lipinski definition) is 2. The SMILES string of the molecule is O=C(CSCC(O)c1ccccc1)NCCCOC1CCCCC1. The first-order valence-corrected chi connectivity index (χ1v) is 10.1. The molecule has 1 amide bonds. The lowest BCUT2D eigenvalue weighted by Gasteiger charge is -2.21. The summed E-state index contributed by atoms with van der Waals surface area (Å²) in [5.74, 6) is 0.938. The first-order valence-electron chi connectivity index (χ1n) is 8.95. The van der Waals surface area contributed by atoms with Crippen molar-refractivity contribution < 1.29 is 14.6 Å². The molecule has 134 valence electrons. The van der Waals surface area contributed by atoms with Crippen molar-refractivity contribution in [3.05, 3.63) is 35.9 Å². The van der Waals surface area contributed by atoms with Crippen LogP contribution in [0.2, 0.25) is 0 Å². The maximum atomic E-state index is 11.8. The zero-order valence-electron chi connectivity index (χ0n) is 14.3. The van der Waals surface area contributed by atoms with Gasteiger partial charge in [-0.2, -0.15) is 0 Å². The molecule has 2 rings (SSSR count). The summed E-state index contributed by atoms with van der Waals surface area (Å²) >= 11 is 1.46. The highest BCUT2D eigenvalue weighted by atomic mass is 32.2. The Bertz CT molecular complexity index is 463. The predicted octanol–water partition coefficient (Wildman–Crippen LogP) is 3.31. The number of carbonyl (C=O) groups excluding carboxylic acids is 1. The highest BCUT2D eigenvalue weighted by molar-refractivity contribution is 7.99. The Hall–Kier alpha value is -1.04. The van der Waals surface area contributed by atoms with Gasteiger partial charge in [0.1, 0.15) is 0 Å². The highest BCUT2D eigenvalue weighted by Crippen LogP contribution is 2.20. The molecule has 24 heavy (non-hydrogen) atoms. The number of carbonyl (C=O) groups is 1. The van der Waals surface area contributed by atoms with Crippen molar-refractivity contribution in [2.75, 3.05) is 24.7 Å². The van der Waals surface area contributed by atoms with Crippen molar-refractivity contribution >= 4 is 17.7 Å². The molecule has 2 N–H and O–H groups in total. The van der Waals surface area contributed by atoms with Crippen LogP contribution >= 0.6 is 11.8 Å². The Morgan fingerprint density at radius 3 is 2.75 bits per heavy atom. The minimum atomic E-state index is -0.520. The fourth-order valence-corrected chi connectivity index (χ4v) is 3.69. The second kappa shape index (κ2) is 11.5. The number of benzene rings is 1. The molecule has 0 radical (unpaired) electrons. The van der Waals surface area contributed by atoms with Crippen LogP contribution in [0.15, 0.2) is 30.3 Å². The summed E-state index contributed by atoms with van der Waals surface area (Å²) in [6.45, 7) is 1.39. The van der Waals surface area contributed by atoms with Gasteiger partial charge < -0.3 is 15.2 Å². The Labute approximate surface area is 149 Å². The Balaban J connectivity index is 1.46.